The van der Waals surface area contributed by atoms with Gasteiger partial charge in [0, 0.05) is 19.9 Å². The fourth-order valence-electron chi connectivity index (χ4n) is 2.47. The molecule has 0 aliphatic heterocycles. The number of hydrogen-bond donors (Lipinski definition) is 2. The van der Waals surface area contributed by atoms with Crippen molar-refractivity contribution in [3.63, 3.8) is 0 Å². The highest BCUT2D eigenvalue weighted by molar-refractivity contribution is 5.73. The van der Waals surface area contributed by atoms with Crippen LogP contribution in [0.4, 0.5) is 5.95 Å². The van der Waals surface area contributed by atoms with E-state index in [-0.39, 0.29) is 11.0 Å². The fourth-order valence-corrected chi connectivity index (χ4v) is 2.47. The minimum atomic E-state index is -0.539. The molecule has 2 heterocycles. The van der Waals surface area contributed by atoms with Crippen LogP contribution in [-0.2, 0) is 11.2 Å². The Bertz CT molecular complexity index is 992. The Kier molecular flexibility index (Phi) is 4.90. The highest BCUT2D eigenvalue weighted by Gasteiger charge is 2.11. The van der Waals surface area contributed by atoms with Gasteiger partial charge in [-0.05, 0) is 24.1 Å². The van der Waals surface area contributed by atoms with Crippen LogP contribution in [0, 0.1) is 0 Å². The highest BCUT2D eigenvalue weighted by Crippen LogP contribution is 2.09. The summed E-state index contributed by atoms with van der Waals surface area (Å²) in [5.41, 5.74) is 0.845. The van der Waals surface area contributed by atoms with Gasteiger partial charge in [-0.25, -0.2) is 14.3 Å². The fraction of sp³-hybridized carbons (Fsp3) is 0.294. The Morgan fingerprint density at radius 3 is 2.68 bits per heavy atom. The van der Waals surface area contributed by atoms with Crippen LogP contribution in [0.3, 0.4) is 0 Å². The molecule has 8 nitrogen and oxygen atoms in total. The van der Waals surface area contributed by atoms with Crippen molar-refractivity contribution in [2.24, 2.45) is 0 Å². The Balaban J connectivity index is 2.05. The Hall–Kier alpha value is -3.00. The highest BCUT2D eigenvalue weighted by atomic mass is 16.5. The number of rotatable bonds is 6. The summed E-state index contributed by atoms with van der Waals surface area (Å²) in [6, 6.07) is 7.29. The zero-order chi connectivity index (χ0) is 17.8. The second kappa shape index (κ2) is 7.27. The van der Waals surface area contributed by atoms with Gasteiger partial charge in [0.15, 0.2) is 5.65 Å². The maximum Gasteiger partial charge on any atom is 0.334 e. The Morgan fingerprint density at radius 1 is 1.24 bits per heavy atom. The summed E-state index contributed by atoms with van der Waals surface area (Å²) in [6.45, 7) is 3.06. The Labute approximate surface area is 143 Å². The summed E-state index contributed by atoms with van der Waals surface area (Å²) in [5, 5.41) is 3.20. The van der Waals surface area contributed by atoms with Gasteiger partial charge in [-0.1, -0.05) is 19.1 Å². The van der Waals surface area contributed by atoms with E-state index in [0.29, 0.717) is 24.8 Å². The van der Waals surface area contributed by atoms with Crippen molar-refractivity contribution in [1.82, 2.24) is 19.5 Å². The van der Waals surface area contributed by atoms with E-state index >= 15 is 0 Å². The summed E-state index contributed by atoms with van der Waals surface area (Å²) >= 11 is 0. The molecule has 3 rings (SSSR count). The van der Waals surface area contributed by atoms with E-state index in [9.17, 15) is 9.59 Å². The molecule has 0 spiro atoms. The molecule has 0 aliphatic carbocycles. The van der Waals surface area contributed by atoms with Crippen LogP contribution in [0.1, 0.15) is 12.5 Å². The third kappa shape index (κ3) is 3.43. The van der Waals surface area contributed by atoms with E-state index in [0.717, 1.165) is 16.6 Å². The third-order valence-corrected chi connectivity index (χ3v) is 3.84. The number of H-pyrrole nitrogens is 1. The van der Waals surface area contributed by atoms with Crippen LogP contribution in [0.2, 0.25) is 0 Å². The summed E-state index contributed by atoms with van der Waals surface area (Å²) in [7, 11) is 1.59. The second-order valence-electron chi connectivity index (χ2n) is 5.47. The first kappa shape index (κ1) is 16.8. The van der Waals surface area contributed by atoms with E-state index in [4.69, 9.17) is 4.74 Å². The maximum absolute atomic E-state index is 12.7. The smallest absolute Gasteiger partial charge is 0.334 e. The lowest BCUT2D eigenvalue weighted by molar-refractivity contribution is 0.210. The first-order valence-corrected chi connectivity index (χ1v) is 7.98. The van der Waals surface area contributed by atoms with E-state index in [1.807, 2.05) is 19.1 Å². The topological polar surface area (TPSA) is 102 Å². The van der Waals surface area contributed by atoms with E-state index < -0.39 is 11.2 Å². The monoisotopic (exact) mass is 341 g/mol. The number of fused-ring (bicyclic) bond motifs is 1. The van der Waals surface area contributed by atoms with Crippen molar-refractivity contribution >= 4 is 17.0 Å². The number of methoxy groups -OCH3 is 1. The predicted octanol–water partition coefficient (Wildman–Crippen LogP) is 1.09. The lowest BCUT2D eigenvalue weighted by Crippen LogP contribution is -2.34. The van der Waals surface area contributed by atoms with Gasteiger partial charge >= 0.3 is 5.69 Å². The largest absolute Gasteiger partial charge is 0.383 e. The number of benzene rings is 1. The molecule has 130 valence electrons. The van der Waals surface area contributed by atoms with Crippen LogP contribution in [-0.4, -0.2) is 39.8 Å². The maximum atomic E-state index is 12.7. The van der Waals surface area contributed by atoms with Crippen molar-refractivity contribution in [2.75, 3.05) is 25.6 Å². The van der Waals surface area contributed by atoms with Crippen LogP contribution < -0.4 is 16.6 Å². The molecule has 0 amide bonds. The number of hydrogen-bond acceptors (Lipinski definition) is 6. The lowest BCUT2D eigenvalue weighted by Gasteiger charge is -2.08. The number of ether oxygens (including phenoxy) is 1. The normalized spacial score (nSPS) is 11.0. The molecular formula is C17H19N5O3. The number of nitrogens with one attached hydrogen (secondary N) is 2. The molecule has 25 heavy (non-hydrogen) atoms. The predicted molar refractivity (Wildman–Crippen MR) is 95.5 cm³/mol. The van der Waals surface area contributed by atoms with Gasteiger partial charge in [-0.3, -0.25) is 9.78 Å². The van der Waals surface area contributed by atoms with Crippen LogP contribution in [0.25, 0.3) is 16.7 Å². The number of anilines is 1. The molecule has 2 N–H and O–H groups in total. The van der Waals surface area contributed by atoms with Crippen molar-refractivity contribution in [3.05, 3.63) is 56.9 Å². The molecule has 0 atom stereocenters. The molecule has 2 aromatic heterocycles. The van der Waals surface area contributed by atoms with Crippen molar-refractivity contribution in [3.8, 4) is 5.69 Å². The van der Waals surface area contributed by atoms with E-state index in [1.165, 1.54) is 6.20 Å². The van der Waals surface area contributed by atoms with Gasteiger partial charge in [0.05, 0.1) is 12.3 Å². The van der Waals surface area contributed by atoms with Crippen LogP contribution >= 0.6 is 0 Å². The number of aromatic nitrogens is 4. The van der Waals surface area contributed by atoms with Crippen molar-refractivity contribution < 1.29 is 4.74 Å². The molecule has 0 saturated carbocycles. The van der Waals surface area contributed by atoms with Crippen LogP contribution in [0.5, 0.6) is 0 Å². The number of aromatic amines is 1. The summed E-state index contributed by atoms with van der Waals surface area (Å²) in [6.07, 6.45) is 2.29. The second-order valence-corrected chi connectivity index (χ2v) is 5.47. The van der Waals surface area contributed by atoms with Gasteiger partial charge < -0.3 is 10.1 Å². The summed E-state index contributed by atoms with van der Waals surface area (Å²) in [4.78, 5) is 36.0. The first-order valence-electron chi connectivity index (χ1n) is 7.98. The molecule has 0 radical (unpaired) electrons. The third-order valence-electron chi connectivity index (χ3n) is 3.84. The summed E-state index contributed by atoms with van der Waals surface area (Å²) in [5.74, 6) is 0.324. The molecule has 1 aromatic carbocycles. The average molecular weight is 341 g/mol. The molecule has 3 aromatic rings. The lowest BCUT2D eigenvalue weighted by atomic mass is 10.1. The van der Waals surface area contributed by atoms with Crippen molar-refractivity contribution in [2.45, 2.75) is 13.3 Å². The number of nitrogens with zero attached hydrogens (tertiary/aromatic N) is 3. The molecular weight excluding hydrogens is 322 g/mol. The minimum absolute atomic E-state index is 0.200. The molecule has 0 aliphatic rings. The van der Waals surface area contributed by atoms with Gasteiger partial charge in [0.1, 0.15) is 5.39 Å². The van der Waals surface area contributed by atoms with E-state index in [1.54, 1.807) is 19.2 Å². The molecule has 0 bridgehead atoms. The minimum Gasteiger partial charge on any atom is -0.383 e. The zero-order valence-corrected chi connectivity index (χ0v) is 14.1. The Morgan fingerprint density at radius 2 is 2.00 bits per heavy atom. The average Bonchev–Trinajstić information content (AvgIpc) is 2.62. The quantitative estimate of drug-likeness (QED) is 0.651. The summed E-state index contributed by atoms with van der Waals surface area (Å²) < 4.78 is 6.03. The van der Waals surface area contributed by atoms with E-state index in [2.05, 4.69) is 20.3 Å². The first-order chi connectivity index (χ1) is 12.1. The van der Waals surface area contributed by atoms with Crippen molar-refractivity contribution in [1.29, 1.82) is 0 Å². The number of aryl methyl sites for hydroxylation is 1. The van der Waals surface area contributed by atoms with Gasteiger partial charge in [0.2, 0.25) is 5.95 Å². The molecule has 0 unspecified atom stereocenters. The van der Waals surface area contributed by atoms with Crippen LogP contribution in [0.15, 0.2) is 40.1 Å². The SMILES string of the molecule is CCc1ccc(-n2c(=O)[nH]c3nc(NCCOC)ncc3c2=O)cc1. The zero-order valence-electron chi connectivity index (χ0n) is 14.1. The van der Waals surface area contributed by atoms with Gasteiger partial charge in [-0.2, -0.15) is 4.98 Å². The standard InChI is InChI=1S/C17H19N5O3/c1-3-11-4-6-12(7-5-11)22-15(23)13-10-19-16(18-8-9-25-2)20-14(13)21-17(22)24/h4-7,10H,3,8-9H2,1-2H3,(H2,18,19,20,21,24). The molecule has 8 heteroatoms. The van der Waals surface area contributed by atoms with Gasteiger partial charge in [-0.15, -0.1) is 0 Å². The molecule has 0 saturated heterocycles. The van der Waals surface area contributed by atoms with Gasteiger partial charge in [0.25, 0.3) is 5.56 Å². The molecule has 0 fully saturated rings.